The van der Waals surface area contributed by atoms with Crippen molar-refractivity contribution < 1.29 is 4.79 Å². The van der Waals surface area contributed by atoms with E-state index in [4.69, 9.17) is 0 Å². The van der Waals surface area contributed by atoms with Crippen LogP contribution in [0.25, 0.3) is 0 Å². The molecular formula is C12H12N2O. The predicted octanol–water partition coefficient (Wildman–Crippen LogP) is 2.05. The highest BCUT2D eigenvalue weighted by atomic mass is 16.1. The van der Waals surface area contributed by atoms with Gasteiger partial charge in [0.25, 0.3) is 0 Å². The molecule has 0 saturated heterocycles. The lowest BCUT2D eigenvalue weighted by atomic mass is 10.1. The van der Waals surface area contributed by atoms with E-state index in [1.165, 1.54) is 11.1 Å². The molecule has 15 heavy (non-hydrogen) atoms. The second-order valence-electron chi connectivity index (χ2n) is 3.57. The van der Waals surface area contributed by atoms with Crippen molar-refractivity contribution in [3.63, 3.8) is 0 Å². The molecule has 0 aliphatic rings. The summed E-state index contributed by atoms with van der Waals surface area (Å²) in [6.45, 7) is 2.76. The molecule has 1 heterocycles. The Balaban J connectivity index is 2.14. The Kier molecular flexibility index (Phi) is 2.63. The van der Waals surface area contributed by atoms with Gasteiger partial charge in [0.15, 0.2) is 6.29 Å². The molecule has 0 N–H and O–H groups in total. The van der Waals surface area contributed by atoms with E-state index >= 15 is 0 Å². The molecule has 0 bridgehead atoms. The van der Waals surface area contributed by atoms with Crippen LogP contribution >= 0.6 is 0 Å². The van der Waals surface area contributed by atoms with E-state index in [1.54, 1.807) is 17.1 Å². The van der Waals surface area contributed by atoms with Gasteiger partial charge < -0.3 is 0 Å². The van der Waals surface area contributed by atoms with Crippen molar-refractivity contribution in [2.75, 3.05) is 0 Å². The summed E-state index contributed by atoms with van der Waals surface area (Å²) >= 11 is 0. The van der Waals surface area contributed by atoms with Gasteiger partial charge in [0.2, 0.25) is 0 Å². The molecule has 0 unspecified atom stereocenters. The van der Waals surface area contributed by atoms with Crippen LogP contribution in [0.4, 0.5) is 0 Å². The molecule has 2 aromatic rings. The summed E-state index contributed by atoms with van der Waals surface area (Å²) in [5.41, 5.74) is 3.04. The van der Waals surface area contributed by atoms with E-state index in [9.17, 15) is 4.79 Å². The topological polar surface area (TPSA) is 34.9 Å². The number of rotatable bonds is 3. The average Bonchev–Trinajstić information content (AvgIpc) is 2.69. The van der Waals surface area contributed by atoms with Gasteiger partial charge in [0.05, 0.1) is 18.3 Å². The van der Waals surface area contributed by atoms with Crippen LogP contribution in [0.3, 0.4) is 0 Å². The Morgan fingerprint density at radius 3 is 2.67 bits per heavy atom. The first-order valence-corrected chi connectivity index (χ1v) is 4.81. The lowest BCUT2D eigenvalue weighted by molar-refractivity contribution is 0.112. The number of carbonyl (C=O) groups excluding carboxylic acids is 1. The molecule has 1 aromatic carbocycles. The monoisotopic (exact) mass is 200 g/mol. The summed E-state index contributed by atoms with van der Waals surface area (Å²) in [7, 11) is 0. The SMILES string of the molecule is Cc1ccc(Cn2cc(C=O)cn2)cc1. The third-order valence-electron chi connectivity index (χ3n) is 2.25. The van der Waals surface area contributed by atoms with Gasteiger partial charge in [-0.25, -0.2) is 0 Å². The summed E-state index contributed by atoms with van der Waals surface area (Å²) in [6.07, 6.45) is 4.12. The molecule has 3 heteroatoms. The molecule has 76 valence electrons. The normalized spacial score (nSPS) is 10.2. The first kappa shape index (κ1) is 9.65. The lowest BCUT2D eigenvalue weighted by Gasteiger charge is -2.01. The number of aryl methyl sites for hydroxylation is 1. The fraction of sp³-hybridized carbons (Fsp3) is 0.167. The summed E-state index contributed by atoms with van der Waals surface area (Å²) in [5.74, 6) is 0. The number of aromatic nitrogens is 2. The van der Waals surface area contributed by atoms with Gasteiger partial charge in [-0.1, -0.05) is 29.8 Å². The van der Waals surface area contributed by atoms with Gasteiger partial charge in [-0.3, -0.25) is 9.48 Å². The largest absolute Gasteiger partial charge is 0.298 e. The number of aldehydes is 1. The van der Waals surface area contributed by atoms with Crippen molar-refractivity contribution in [1.29, 1.82) is 0 Å². The zero-order valence-electron chi connectivity index (χ0n) is 8.55. The fourth-order valence-electron chi connectivity index (χ4n) is 1.41. The first-order valence-electron chi connectivity index (χ1n) is 4.81. The molecule has 0 atom stereocenters. The minimum Gasteiger partial charge on any atom is -0.298 e. The molecule has 0 fully saturated rings. The van der Waals surface area contributed by atoms with Crippen LogP contribution in [0.5, 0.6) is 0 Å². The zero-order chi connectivity index (χ0) is 10.7. The van der Waals surface area contributed by atoms with Crippen molar-refractivity contribution in [1.82, 2.24) is 9.78 Å². The van der Waals surface area contributed by atoms with Crippen LogP contribution in [-0.4, -0.2) is 16.1 Å². The van der Waals surface area contributed by atoms with Crippen LogP contribution in [0, 0.1) is 6.92 Å². The van der Waals surface area contributed by atoms with Crippen molar-refractivity contribution in [3.05, 3.63) is 53.3 Å². The van der Waals surface area contributed by atoms with E-state index < -0.39 is 0 Å². The van der Waals surface area contributed by atoms with Crippen LogP contribution < -0.4 is 0 Å². The molecule has 3 nitrogen and oxygen atoms in total. The second kappa shape index (κ2) is 4.09. The van der Waals surface area contributed by atoms with Gasteiger partial charge in [-0.2, -0.15) is 5.10 Å². The number of hydrogen-bond donors (Lipinski definition) is 0. The highest BCUT2D eigenvalue weighted by Gasteiger charge is 1.98. The maximum absolute atomic E-state index is 10.5. The van der Waals surface area contributed by atoms with E-state index in [2.05, 4.69) is 36.3 Å². The molecular weight excluding hydrogens is 188 g/mol. The average molecular weight is 200 g/mol. The minimum absolute atomic E-state index is 0.613. The zero-order valence-corrected chi connectivity index (χ0v) is 8.55. The first-order chi connectivity index (χ1) is 7.28. The Morgan fingerprint density at radius 1 is 1.33 bits per heavy atom. The third kappa shape index (κ3) is 2.31. The van der Waals surface area contributed by atoms with Crippen molar-refractivity contribution in [3.8, 4) is 0 Å². The molecule has 1 aromatic heterocycles. The Morgan fingerprint density at radius 2 is 2.07 bits per heavy atom. The maximum atomic E-state index is 10.5. The van der Waals surface area contributed by atoms with Crippen LogP contribution in [-0.2, 0) is 6.54 Å². The molecule has 0 saturated carbocycles. The molecule has 0 spiro atoms. The summed E-state index contributed by atoms with van der Waals surface area (Å²) in [4.78, 5) is 10.5. The van der Waals surface area contributed by atoms with Gasteiger partial charge in [0.1, 0.15) is 0 Å². The standard InChI is InChI=1S/C12H12N2O/c1-10-2-4-11(5-3-10)7-14-8-12(9-15)6-13-14/h2-6,8-9H,7H2,1H3. The van der Waals surface area contributed by atoms with Gasteiger partial charge in [0, 0.05) is 6.20 Å². The van der Waals surface area contributed by atoms with Crippen LogP contribution in [0.1, 0.15) is 21.5 Å². The summed E-state index contributed by atoms with van der Waals surface area (Å²) in [5, 5.41) is 4.09. The Bertz CT molecular complexity index is 457. The van der Waals surface area contributed by atoms with Crippen LogP contribution in [0.15, 0.2) is 36.7 Å². The highest BCUT2D eigenvalue weighted by molar-refractivity contribution is 5.73. The number of benzene rings is 1. The number of hydrogen-bond acceptors (Lipinski definition) is 2. The molecule has 0 amide bonds. The van der Waals surface area contributed by atoms with Gasteiger partial charge >= 0.3 is 0 Å². The van der Waals surface area contributed by atoms with Crippen molar-refractivity contribution in [2.45, 2.75) is 13.5 Å². The summed E-state index contributed by atoms with van der Waals surface area (Å²) in [6, 6.07) is 8.27. The van der Waals surface area contributed by atoms with E-state index in [0.29, 0.717) is 12.1 Å². The minimum atomic E-state index is 0.613. The molecule has 2 rings (SSSR count). The highest BCUT2D eigenvalue weighted by Crippen LogP contribution is 2.05. The summed E-state index contributed by atoms with van der Waals surface area (Å²) < 4.78 is 1.76. The quantitative estimate of drug-likeness (QED) is 0.711. The van der Waals surface area contributed by atoms with E-state index in [1.807, 2.05) is 0 Å². The third-order valence-corrected chi connectivity index (χ3v) is 2.25. The molecule has 0 aliphatic carbocycles. The number of nitrogens with zero attached hydrogens (tertiary/aromatic N) is 2. The van der Waals surface area contributed by atoms with Crippen molar-refractivity contribution >= 4 is 6.29 Å². The second-order valence-corrected chi connectivity index (χ2v) is 3.57. The van der Waals surface area contributed by atoms with Crippen LogP contribution in [0.2, 0.25) is 0 Å². The van der Waals surface area contributed by atoms with Gasteiger partial charge in [-0.05, 0) is 12.5 Å². The maximum Gasteiger partial charge on any atom is 0.153 e. The fourth-order valence-corrected chi connectivity index (χ4v) is 1.41. The Hall–Kier alpha value is -1.90. The van der Waals surface area contributed by atoms with E-state index in [0.717, 1.165) is 6.29 Å². The predicted molar refractivity (Wildman–Crippen MR) is 57.9 cm³/mol. The Labute approximate surface area is 88.4 Å². The molecule has 0 radical (unpaired) electrons. The van der Waals surface area contributed by atoms with E-state index in [-0.39, 0.29) is 0 Å². The van der Waals surface area contributed by atoms with Gasteiger partial charge in [-0.15, -0.1) is 0 Å². The lowest BCUT2D eigenvalue weighted by Crippen LogP contribution is -1.99. The smallest absolute Gasteiger partial charge is 0.153 e. The molecule has 0 aliphatic heterocycles. The number of carbonyl (C=O) groups is 1. The van der Waals surface area contributed by atoms with Crippen molar-refractivity contribution in [2.24, 2.45) is 0 Å².